The molecule has 3 saturated carbocycles. The number of carbonyl (C=O) groups excluding carboxylic acids is 1. The van der Waals surface area contributed by atoms with E-state index in [4.69, 9.17) is 21.1 Å². The Balaban J connectivity index is 1.39. The molecule has 0 amide bonds. The van der Waals surface area contributed by atoms with Gasteiger partial charge >= 0.3 is 5.97 Å². The fourth-order valence-electron chi connectivity index (χ4n) is 3.66. The van der Waals surface area contributed by atoms with Crippen molar-refractivity contribution in [2.24, 2.45) is 11.3 Å². The summed E-state index contributed by atoms with van der Waals surface area (Å²) in [5, 5.41) is 4.50. The largest absolute Gasteiger partial charge is 0.476 e. The van der Waals surface area contributed by atoms with Crippen LogP contribution in [0.15, 0.2) is 24.4 Å². The van der Waals surface area contributed by atoms with Crippen LogP contribution in [-0.2, 0) is 4.74 Å². The molecule has 3 aliphatic rings. The number of aromatic nitrogens is 3. The maximum Gasteiger partial charge on any atom is 0.341 e. The second kappa shape index (κ2) is 6.91. The number of nitrogens with zero attached hydrogens (tertiary/aromatic N) is 3. The molecule has 0 atom stereocenters. The van der Waals surface area contributed by atoms with Crippen LogP contribution in [0.1, 0.15) is 49.4 Å². The van der Waals surface area contributed by atoms with Crippen molar-refractivity contribution in [3.05, 3.63) is 35.1 Å². The van der Waals surface area contributed by atoms with E-state index >= 15 is 0 Å². The summed E-state index contributed by atoms with van der Waals surface area (Å²) in [6, 6.07) is 5.12. The predicted molar refractivity (Wildman–Crippen MR) is 96.8 cm³/mol. The lowest BCUT2D eigenvalue weighted by molar-refractivity contribution is -0.132. The summed E-state index contributed by atoms with van der Waals surface area (Å²) in [5.74, 6) is 1.59. The minimum atomic E-state index is -0.453. The molecule has 5 rings (SSSR count). The van der Waals surface area contributed by atoms with Gasteiger partial charge in [0.2, 0.25) is 5.88 Å². The molecular formula is C19H22ClN3O3. The molecule has 0 aromatic carbocycles. The number of rotatable bonds is 8. The Kier molecular flexibility index (Phi) is 4.61. The molecule has 0 unspecified atom stereocenters. The standard InChI is InChI=1S/C19H22ClN3O3/c1-2-3-8-25-18(24)14-4-5-15(21-17(14)20)23-7-6-16(22-23)26-12-19-9-13(10-19)11-19/h4-7,13H,2-3,8-12H2,1H3. The molecule has 2 heterocycles. The topological polar surface area (TPSA) is 66.2 Å². The predicted octanol–water partition coefficient (Wildman–Crippen LogP) is 4.06. The molecule has 0 aliphatic heterocycles. The number of carbonyl (C=O) groups is 1. The van der Waals surface area contributed by atoms with Crippen LogP contribution in [0.25, 0.3) is 5.82 Å². The quantitative estimate of drug-likeness (QED) is 0.395. The molecule has 26 heavy (non-hydrogen) atoms. The lowest BCUT2D eigenvalue weighted by Gasteiger charge is -2.61. The third kappa shape index (κ3) is 3.30. The third-order valence-corrected chi connectivity index (χ3v) is 5.56. The molecule has 138 valence electrons. The Morgan fingerprint density at radius 3 is 2.81 bits per heavy atom. The van der Waals surface area contributed by atoms with Crippen molar-refractivity contribution in [1.29, 1.82) is 0 Å². The number of halogens is 1. The molecule has 3 aliphatic carbocycles. The maximum atomic E-state index is 12.0. The van der Waals surface area contributed by atoms with Crippen LogP contribution in [0, 0.1) is 11.3 Å². The van der Waals surface area contributed by atoms with Crippen molar-refractivity contribution in [3.63, 3.8) is 0 Å². The minimum Gasteiger partial charge on any atom is -0.476 e. The second-order valence-electron chi connectivity index (χ2n) is 7.36. The van der Waals surface area contributed by atoms with Gasteiger partial charge in [0, 0.05) is 17.7 Å². The highest BCUT2D eigenvalue weighted by Gasteiger charge is 2.56. The van der Waals surface area contributed by atoms with Crippen molar-refractivity contribution < 1.29 is 14.3 Å². The molecular weight excluding hydrogens is 354 g/mol. The average molecular weight is 376 g/mol. The van der Waals surface area contributed by atoms with Gasteiger partial charge < -0.3 is 9.47 Å². The number of ether oxygens (including phenoxy) is 2. The summed E-state index contributed by atoms with van der Waals surface area (Å²) in [7, 11) is 0. The van der Waals surface area contributed by atoms with E-state index in [9.17, 15) is 4.79 Å². The first-order valence-corrected chi connectivity index (χ1v) is 9.49. The summed E-state index contributed by atoms with van der Waals surface area (Å²) in [6.45, 7) is 3.15. The van der Waals surface area contributed by atoms with Gasteiger partial charge in [-0.05, 0) is 43.7 Å². The average Bonchev–Trinajstić information content (AvgIpc) is 3.01. The number of esters is 1. The molecule has 3 fully saturated rings. The normalized spacial score (nSPS) is 23.1. The van der Waals surface area contributed by atoms with E-state index in [2.05, 4.69) is 10.1 Å². The summed E-state index contributed by atoms with van der Waals surface area (Å²) in [5.41, 5.74) is 0.675. The van der Waals surface area contributed by atoms with Crippen LogP contribution in [0.4, 0.5) is 0 Å². The van der Waals surface area contributed by atoms with E-state index < -0.39 is 5.97 Å². The van der Waals surface area contributed by atoms with Gasteiger partial charge in [0.1, 0.15) is 5.15 Å². The van der Waals surface area contributed by atoms with Crippen LogP contribution in [-0.4, -0.2) is 33.9 Å². The van der Waals surface area contributed by atoms with E-state index in [1.54, 1.807) is 23.0 Å². The molecule has 0 saturated heterocycles. The van der Waals surface area contributed by atoms with E-state index in [1.807, 2.05) is 13.0 Å². The van der Waals surface area contributed by atoms with Gasteiger partial charge in [-0.2, -0.15) is 0 Å². The van der Waals surface area contributed by atoms with Crippen LogP contribution in [0.2, 0.25) is 5.15 Å². The van der Waals surface area contributed by atoms with Gasteiger partial charge in [0.25, 0.3) is 0 Å². The smallest absolute Gasteiger partial charge is 0.341 e. The fraction of sp³-hybridized carbons (Fsp3) is 0.526. The number of hydrogen-bond acceptors (Lipinski definition) is 5. The molecule has 2 aromatic heterocycles. The lowest BCUT2D eigenvalue weighted by Crippen LogP contribution is -2.55. The van der Waals surface area contributed by atoms with Crippen molar-refractivity contribution in [1.82, 2.24) is 14.8 Å². The van der Waals surface area contributed by atoms with E-state index in [-0.39, 0.29) is 10.7 Å². The van der Waals surface area contributed by atoms with E-state index in [0.717, 1.165) is 25.4 Å². The van der Waals surface area contributed by atoms with Gasteiger partial charge in [-0.3, -0.25) is 0 Å². The number of hydrogen-bond donors (Lipinski definition) is 0. The SMILES string of the molecule is CCCCOC(=O)c1ccc(-n2ccc(OCC34CC(C3)C4)n2)nc1Cl. The zero-order chi connectivity index (χ0) is 18.1. The Morgan fingerprint density at radius 1 is 1.35 bits per heavy atom. The molecule has 0 N–H and O–H groups in total. The van der Waals surface area contributed by atoms with Crippen molar-refractivity contribution in [2.75, 3.05) is 13.2 Å². The zero-order valence-corrected chi connectivity index (χ0v) is 15.5. The lowest BCUT2D eigenvalue weighted by atomic mass is 9.45. The number of unbranched alkanes of at least 4 members (excludes halogenated alkanes) is 1. The van der Waals surface area contributed by atoms with Crippen LogP contribution in [0.5, 0.6) is 5.88 Å². The van der Waals surface area contributed by atoms with Crippen LogP contribution in [0.3, 0.4) is 0 Å². The minimum absolute atomic E-state index is 0.107. The maximum absolute atomic E-state index is 12.0. The van der Waals surface area contributed by atoms with Gasteiger partial charge in [0.15, 0.2) is 5.82 Å². The Labute approximate surface area is 157 Å². The van der Waals surface area contributed by atoms with Crippen molar-refractivity contribution in [3.8, 4) is 11.7 Å². The number of pyridine rings is 1. The van der Waals surface area contributed by atoms with Crippen molar-refractivity contribution in [2.45, 2.75) is 39.0 Å². The van der Waals surface area contributed by atoms with Gasteiger partial charge in [0.05, 0.1) is 18.8 Å². The Hall–Kier alpha value is -2.08. The summed E-state index contributed by atoms with van der Waals surface area (Å²) in [4.78, 5) is 16.3. The summed E-state index contributed by atoms with van der Waals surface area (Å²) >= 11 is 6.16. The second-order valence-corrected chi connectivity index (χ2v) is 7.72. The fourth-order valence-corrected chi connectivity index (χ4v) is 3.89. The van der Waals surface area contributed by atoms with Gasteiger partial charge in [-0.1, -0.05) is 24.9 Å². The van der Waals surface area contributed by atoms with Crippen molar-refractivity contribution >= 4 is 17.6 Å². The first-order valence-electron chi connectivity index (χ1n) is 9.11. The molecule has 7 heteroatoms. The molecule has 2 aromatic rings. The van der Waals surface area contributed by atoms with Gasteiger partial charge in [-0.15, -0.1) is 5.10 Å². The molecule has 0 radical (unpaired) electrons. The van der Waals surface area contributed by atoms with Gasteiger partial charge in [-0.25, -0.2) is 14.5 Å². The monoisotopic (exact) mass is 375 g/mol. The Bertz CT molecular complexity index is 803. The van der Waals surface area contributed by atoms with E-state index in [0.29, 0.717) is 23.7 Å². The molecule has 2 bridgehead atoms. The third-order valence-electron chi connectivity index (χ3n) is 5.28. The molecule has 6 nitrogen and oxygen atoms in total. The highest BCUT2D eigenvalue weighted by atomic mass is 35.5. The highest BCUT2D eigenvalue weighted by Crippen LogP contribution is 2.64. The first kappa shape index (κ1) is 17.3. The first-order chi connectivity index (χ1) is 12.6. The summed E-state index contributed by atoms with van der Waals surface area (Å²) in [6.07, 6.45) is 7.44. The molecule has 0 spiro atoms. The highest BCUT2D eigenvalue weighted by molar-refractivity contribution is 6.32. The zero-order valence-electron chi connectivity index (χ0n) is 14.8. The van der Waals surface area contributed by atoms with Crippen LogP contribution >= 0.6 is 11.6 Å². The van der Waals surface area contributed by atoms with E-state index in [1.165, 1.54) is 19.3 Å². The van der Waals surface area contributed by atoms with Crippen LogP contribution < -0.4 is 4.74 Å². The Morgan fingerprint density at radius 2 is 2.15 bits per heavy atom. The summed E-state index contributed by atoms with van der Waals surface area (Å²) < 4.78 is 12.6.